The van der Waals surface area contributed by atoms with Gasteiger partial charge in [0.25, 0.3) is 0 Å². The molecule has 18 nitrogen and oxygen atoms in total. The molecule has 1 saturated heterocycles. The van der Waals surface area contributed by atoms with Crippen molar-refractivity contribution in [3.8, 4) is 23.0 Å². The van der Waals surface area contributed by atoms with Crippen molar-refractivity contribution in [2.24, 2.45) is 0 Å². The summed E-state index contributed by atoms with van der Waals surface area (Å²) >= 11 is 3.32. The van der Waals surface area contributed by atoms with Crippen LogP contribution < -0.4 is 30.3 Å². The monoisotopic (exact) mass is 1490 g/mol. The van der Waals surface area contributed by atoms with Gasteiger partial charge < -0.3 is 53.1 Å². The van der Waals surface area contributed by atoms with E-state index in [-0.39, 0.29) is 86.8 Å². The summed E-state index contributed by atoms with van der Waals surface area (Å²) < 4.78 is 85.7. The second-order valence-corrected chi connectivity index (χ2v) is 24.0. The number of fused-ring (bicyclic) bond motifs is 2. The van der Waals surface area contributed by atoms with Gasteiger partial charge in [0.2, 0.25) is 0 Å². The number of H-pyrrole nitrogens is 2. The molecule has 2 aromatic carbocycles. The van der Waals surface area contributed by atoms with Gasteiger partial charge >= 0.3 is 18.5 Å². The number of hydrogen-bond acceptors (Lipinski definition) is 14. The zero-order chi connectivity index (χ0) is 53.5. The quantitative estimate of drug-likeness (QED) is 0.0681. The number of methoxy groups -OCH3 is 2. The molecule has 1 aliphatic heterocycles. The number of aromatic nitrogens is 6. The average molecular weight is 1500 g/mol. The van der Waals surface area contributed by atoms with Crippen LogP contribution in [0, 0.1) is 14.9 Å². The van der Waals surface area contributed by atoms with Gasteiger partial charge in [-0.05, 0) is 138 Å². The Hall–Kier alpha value is -4.30. The van der Waals surface area contributed by atoms with Crippen molar-refractivity contribution in [1.82, 2.24) is 29.1 Å². The molecular weight excluding hydrogens is 1420 g/mol. The number of rotatable bonds is 16. The number of imidazole rings is 2. The first-order chi connectivity index (χ1) is 33.6. The number of pyridine rings is 2. The Kier molecular flexibility index (Phi) is 26.7. The number of sulfone groups is 2. The fraction of sp³-hybridized carbons (Fsp3) is 0.423. The standard InChI is InChI=1S/C22H27N3O5S.C18H20BrN3O5S.C10H19BO2.2CH3.2W/c1-6-30-20-11-16(7-8-19(20)29-4)18(13-31(5,27)28)25-21-17(24-22(25)26)10-15(12-23-21)9-14(2)3;1-4-27-16-7-11(5-6-15(16)26-2)14(10-28(3,24)25)22-17-13(21-18(22)23)8-12(19)9-20-17;1-8(2)7-11-12-9(3,4)10(5,6)13-11;;;;/h7-12,18H,6,13H2,1-5H3,(H,24,26);5-9,14H,4,10H2,1-3H3,(H,21,23);7H,1-6H3;2*1H3;;/q;;;2*-1;;/t18-;14-;;;;;/m11...../s1. The van der Waals surface area contributed by atoms with Gasteiger partial charge in [-0.1, -0.05) is 35.3 Å². The van der Waals surface area contributed by atoms with Crippen LogP contribution >= 0.6 is 15.9 Å². The fourth-order valence-electron chi connectivity index (χ4n) is 7.79. The second-order valence-electron chi connectivity index (χ2n) is 18.8. The molecule has 0 radical (unpaired) electrons. The third-order valence-electron chi connectivity index (χ3n) is 11.6. The summed E-state index contributed by atoms with van der Waals surface area (Å²) in [4.78, 5) is 39.9. The summed E-state index contributed by atoms with van der Waals surface area (Å²) in [5.74, 6) is 3.48. The third kappa shape index (κ3) is 18.1. The Morgan fingerprint density at radius 3 is 1.46 bits per heavy atom. The number of allylic oxidation sites excluding steroid dienone is 2. The molecule has 1 fully saturated rings. The molecule has 6 aromatic rings. The molecule has 1 aliphatic rings. The maximum absolute atomic E-state index is 12.9. The zero-order valence-electron chi connectivity index (χ0n) is 46.2. The molecule has 0 aliphatic carbocycles. The van der Waals surface area contributed by atoms with Crippen LogP contribution in [0.15, 0.2) is 92.1 Å². The van der Waals surface area contributed by atoms with E-state index >= 15 is 0 Å². The van der Waals surface area contributed by atoms with E-state index in [2.05, 4.69) is 63.6 Å². The normalized spacial score (nSPS) is 14.1. The maximum Gasteiger partial charge on any atom is 0.487 e. The van der Waals surface area contributed by atoms with Crippen molar-refractivity contribution < 1.29 is 87.2 Å². The maximum atomic E-state index is 12.9. The van der Waals surface area contributed by atoms with E-state index in [0.717, 1.165) is 23.6 Å². The number of nitrogens with one attached hydrogen (secondary N) is 2. The van der Waals surface area contributed by atoms with Crippen LogP contribution in [0.1, 0.15) is 98.0 Å². The van der Waals surface area contributed by atoms with E-state index in [0.29, 0.717) is 74.1 Å². The van der Waals surface area contributed by atoms with Crippen molar-refractivity contribution in [3.05, 3.63) is 135 Å². The third-order valence-corrected chi connectivity index (χ3v) is 13.9. The number of ether oxygens (including phenoxy) is 4. The SMILES string of the molecule is CC(C)=CB1OC(C)(C)C(C)(C)O1.CCOc1cc([C@@H](CS(C)(=O)=O)n2c(=O)[nH]c3cc(Br)cnc32)ccc1OC.CCOc1cc([C@@H](CS(C)(=O)=O)n2c(=O)[nH]c3cc(C=C(C)C)cnc32)ccc1OC.[CH3-].[CH3-].[W].[W]. The van der Waals surface area contributed by atoms with Crippen molar-refractivity contribution in [2.75, 3.05) is 51.5 Å². The molecule has 0 bridgehead atoms. The number of nitrogens with zero attached hydrogens (tertiary/aromatic N) is 4. The zero-order valence-corrected chi connectivity index (χ0v) is 55.3. The second kappa shape index (κ2) is 29.1. The molecular formula is C52H72BBrN6O12S2W2-2. The molecule has 0 amide bonds. The summed E-state index contributed by atoms with van der Waals surface area (Å²) in [5, 5.41) is 0. The first-order valence-corrected chi connectivity index (χ1v) is 28.0. The minimum absolute atomic E-state index is 0. The molecule has 5 heterocycles. The molecule has 0 saturated carbocycles. The van der Waals surface area contributed by atoms with Crippen LogP contribution in [0.4, 0.5) is 0 Å². The largest absolute Gasteiger partial charge is 0.493 e. The smallest absolute Gasteiger partial charge is 0.487 e. The summed E-state index contributed by atoms with van der Waals surface area (Å²) in [6.45, 7) is 20.8. The van der Waals surface area contributed by atoms with E-state index in [4.69, 9.17) is 28.3 Å². The van der Waals surface area contributed by atoms with Crippen LogP contribution in [0.2, 0.25) is 0 Å². The predicted molar refractivity (Wildman–Crippen MR) is 300 cm³/mol. The Morgan fingerprint density at radius 2 is 1.09 bits per heavy atom. The summed E-state index contributed by atoms with van der Waals surface area (Å²) in [6.07, 6.45) is 7.46. The number of hydrogen-bond donors (Lipinski definition) is 2. The van der Waals surface area contributed by atoms with Crippen LogP contribution in [0.25, 0.3) is 28.4 Å². The van der Waals surface area contributed by atoms with Gasteiger partial charge in [-0.15, -0.1) is 0 Å². The number of halogens is 1. The summed E-state index contributed by atoms with van der Waals surface area (Å²) in [7, 11) is -3.97. The first-order valence-electron chi connectivity index (χ1n) is 23.1. The molecule has 0 spiro atoms. The van der Waals surface area contributed by atoms with Crippen LogP contribution in [0.3, 0.4) is 0 Å². The molecule has 2 N–H and O–H groups in total. The molecule has 4 aromatic heterocycles. The van der Waals surface area contributed by atoms with E-state index in [9.17, 15) is 26.4 Å². The predicted octanol–water partition coefficient (Wildman–Crippen LogP) is 9.20. The van der Waals surface area contributed by atoms with Gasteiger partial charge in [0.1, 0.15) is 19.7 Å². The summed E-state index contributed by atoms with van der Waals surface area (Å²) in [6, 6.07) is 12.2. The Balaban J connectivity index is 0.000000595. The minimum atomic E-state index is -3.43. The minimum Gasteiger partial charge on any atom is -0.493 e. The van der Waals surface area contributed by atoms with Crippen molar-refractivity contribution in [3.63, 3.8) is 0 Å². The average Bonchev–Trinajstić information content (AvgIpc) is 3.84. The first kappa shape index (κ1) is 69.7. The topological polar surface area (TPSA) is 225 Å². The molecule has 76 heavy (non-hydrogen) atoms. The molecule has 418 valence electrons. The van der Waals surface area contributed by atoms with Crippen molar-refractivity contribution in [1.29, 1.82) is 0 Å². The number of benzene rings is 2. The van der Waals surface area contributed by atoms with Gasteiger partial charge in [0.05, 0.1) is 73.3 Å². The van der Waals surface area contributed by atoms with Crippen LogP contribution in [-0.4, -0.2) is 116 Å². The van der Waals surface area contributed by atoms with Gasteiger partial charge in [0.15, 0.2) is 34.3 Å². The van der Waals surface area contributed by atoms with E-state index < -0.39 is 43.1 Å². The summed E-state index contributed by atoms with van der Waals surface area (Å²) in [5.41, 5.74) is 4.87. The molecule has 2 atom stereocenters. The van der Waals surface area contributed by atoms with Gasteiger partial charge in [0, 0.05) is 71.5 Å². The van der Waals surface area contributed by atoms with E-state index in [1.165, 1.54) is 28.9 Å². The molecule has 7 rings (SSSR count). The Labute approximate surface area is 485 Å². The fourth-order valence-corrected chi connectivity index (χ4v) is 9.95. The van der Waals surface area contributed by atoms with Crippen LogP contribution in [0.5, 0.6) is 23.0 Å². The Bertz CT molecular complexity index is 3300. The van der Waals surface area contributed by atoms with Crippen LogP contribution in [-0.2, 0) is 71.1 Å². The van der Waals surface area contributed by atoms with Crippen molar-refractivity contribution in [2.45, 2.75) is 92.5 Å². The number of aromatic amines is 2. The Morgan fingerprint density at radius 1 is 0.684 bits per heavy atom. The van der Waals surface area contributed by atoms with E-state index in [1.54, 1.807) is 54.9 Å². The van der Waals surface area contributed by atoms with E-state index in [1.807, 2.05) is 59.7 Å². The van der Waals surface area contributed by atoms with Gasteiger partial charge in [-0.2, -0.15) is 0 Å². The molecule has 24 heteroatoms. The van der Waals surface area contributed by atoms with Crippen molar-refractivity contribution >= 4 is 71.1 Å². The molecule has 0 unspecified atom stereocenters. The van der Waals surface area contributed by atoms with Gasteiger partial charge in [-0.25, -0.2) is 36.4 Å². The van der Waals surface area contributed by atoms with Gasteiger partial charge in [-0.3, -0.25) is 9.13 Å².